The van der Waals surface area contributed by atoms with Gasteiger partial charge in [0, 0.05) is 24.7 Å². The Hall–Kier alpha value is -0.230. The summed E-state index contributed by atoms with van der Waals surface area (Å²) in [5.41, 5.74) is 1.63. The molecule has 1 saturated heterocycles. The number of sulfonamides is 1. The number of thioether (sulfide) groups is 1. The number of benzene rings is 1. The molecule has 0 amide bonds. The average molecular weight is 320 g/mol. The molecule has 106 valence electrons. The number of aryl methyl sites for hydroxylation is 1. The maximum atomic E-state index is 12.7. The van der Waals surface area contributed by atoms with E-state index in [1.54, 1.807) is 10.4 Å². The van der Waals surface area contributed by atoms with Crippen LogP contribution in [0.1, 0.15) is 17.5 Å². The van der Waals surface area contributed by atoms with Gasteiger partial charge in [-0.05, 0) is 36.3 Å². The Morgan fingerprint density at radius 1 is 1.32 bits per heavy atom. The van der Waals surface area contributed by atoms with Crippen LogP contribution in [0.15, 0.2) is 23.1 Å². The standard InChI is InChI=1S/C13H18ClNO2S2/c1-11-3-4-12(10-14)9-13(11)19(16,17)15-5-2-7-18-8-6-15/h3-4,9H,2,5-8,10H2,1H3. The molecule has 0 unspecified atom stereocenters. The van der Waals surface area contributed by atoms with Crippen molar-refractivity contribution >= 4 is 33.4 Å². The molecule has 0 saturated carbocycles. The van der Waals surface area contributed by atoms with E-state index in [4.69, 9.17) is 11.6 Å². The lowest BCUT2D eigenvalue weighted by Crippen LogP contribution is -2.33. The molecular formula is C13H18ClNO2S2. The monoisotopic (exact) mass is 319 g/mol. The van der Waals surface area contributed by atoms with Gasteiger partial charge in [-0.2, -0.15) is 16.1 Å². The summed E-state index contributed by atoms with van der Waals surface area (Å²) < 4.78 is 27.0. The van der Waals surface area contributed by atoms with Gasteiger partial charge < -0.3 is 0 Å². The lowest BCUT2D eigenvalue weighted by molar-refractivity contribution is 0.434. The number of rotatable bonds is 3. The molecule has 19 heavy (non-hydrogen) atoms. The summed E-state index contributed by atoms with van der Waals surface area (Å²) in [5.74, 6) is 2.23. The molecule has 0 N–H and O–H groups in total. The zero-order valence-corrected chi connectivity index (χ0v) is 13.3. The van der Waals surface area contributed by atoms with Crippen LogP contribution < -0.4 is 0 Å². The molecule has 1 heterocycles. The first-order valence-corrected chi connectivity index (χ1v) is 9.42. The van der Waals surface area contributed by atoms with E-state index in [-0.39, 0.29) is 0 Å². The Morgan fingerprint density at radius 3 is 2.84 bits per heavy atom. The molecule has 0 bridgehead atoms. The smallest absolute Gasteiger partial charge is 0.207 e. The second kappa shape index (κ2) is 6.48. The van der Waals surface area contributed by atoms with E-state index in [1.807, 2.05) is 30.8 Å². The third-order valence-corrected chi connectivity index (χ3v) is 6.60. The maximum Gasteiger partial charge on any atom is 0.243 e. The third kappa shape index (κ3) is 3.45. The van der Waals surface area contributed by atoms with Gasteiger partial charge in [-0.25, -0.2) is 8.42 Å². The van der Waals surface area contributed by atoms with Crippen molar-refractivity contribution in [1.29, 1.82) is 0 Å². The average Bonchev–Trinajstić information content (AvgIpc) is 2.68. The molecule has 0 atom stereocenters. The van der Waals surface area contributed by atoms with Crippen LogP contribution in [0.2, 0.25) is 0 Å². The summed E-state index contributed by atoms with van der Waals surface area (Å²) in [4.78, 5) is 0.401. The van der Waals surface area contributed by atoms with E-state index >= 15 is 0 Å². The normalized spacial score (nSPS) is 18.2. The maximum absolute atomic E-state index is 12.7. The van der Waals surface area contributed by atoms with Gasteiger partial charge in [0.05, 0.1) is 4.90 Å². The van der Waals surface area contributed by atoms with E-state index in [0.29, 0.717) is 23.9 Å². The fraction of sp³-hybridized carbons (Fsp3) is 0.538. The van der Waals surface area contributed by atoms with Crippen molar-refractivity contribution in [2.24, 2.45) is 0 Å². The van der Waals surface area contributed by atoms with Gasteiger partial charge in [-0.3, -0.25) is 0 Å². The minimum absolute atomic E-state index is 0.332. The van der Waals surface area contributed by atoms with Crippen LogP contribution in [-0.4, -0.2) is 37.3 Å². The highest BCUT2D eigenvalue weighted by molar-refractivity contribution is 7.99. The van der Waals surface area contributed by atoms with Gasteiger partial charge in [0.2, 0.25) is 10.0 Å². The van der Waals surface area contributed by atoms with Crippen molar-refractivity contribution in [3.05, 3.63) is 29.3 Å². The Kier molecular flexibility index (Phi) is 5.17. The number of nitrogens with zero attached hydrogens (tertiary/aromatic N) is 1. The predicted molar refractivity (Wildman–Crippen MR) is 81.4 cm³/mol. The quantitative estimate of drug-likeness (QED) is 0.804. The molecule has 6 heteroatoms. The topological polar surface area (TPSA) is 37.4 Å². The van der Waals surface area contributed by atoms with E-state index in [1.165, 1.54) is 0 Å². The molecule has 0 spiro atoms. The molecular weight excluding hydrogens is 302 g/mol. The number of halogens is 1. The van der Waals surface area contributed by atoms with Crippen molar-refractivity contribution in [2.75, 3.05) is 24.6 Å². The van der Waals surface area contributed by atoms with E-state index < -0.39 is 10.0 Å². The Morgan fingerprint density at radius 2 is 2.11 bits per heavy atom. The van der Waals surface area contributed by atoms with Crippen LogP contribution in [0.3, 0.4) is 0 Å². The summed E-state index contributed by atoms with van der Waals surface area (Å²) in [7, 11) is -3.39. The first kappa shape index (κ1) is 15.2. The molecule has 1 aliphatic rings. The fourth-order valence-corrected chi connectivity index (χ4v) is 5.03. The number of alkyl halides is 1. The number of hydrogen-bond acceptors (Lipinski definition) is 3. The highest BCUT2D eigenvalue weighted by atomic mass is 35.5. The highest BCUT2D eigenvalue weighted by Gasteiger charge is 2.26. The van der Waals surface area contributed by atoms with Crippen molar-refractivity contribution in [3.8, 4) is 0 Å². The fourth-order valence-electron chi connectivity index (χ4n) is 2.11. The van der Waals surface area contributed by atoms with Gasteiger partial charge in [-0.1, -0.05) is 12.1 Å². The second-order valence-electron chi connectivity index (χ2n) is 4.60. The summed E-state index contributed by atoms with van der Waals surface area (Å²) in [6, 6.07) is 5.41. The van der Waals surface area contributed by atoms with E-state index in [0.717, 1.165) is 29.1 Å². The van der Waals surface area contributed by atoms with Crippen LogP contribution in [0.25, 0.3) is 0 Å². The van der Waals surface area contributed by atoms with Gasteiger partial charge in [0.1, 0.15) is 0 Å². The predicted octanol–water partition coefficient (Wildman–Crippen LogP) is 2.86. The molecule has 2 rings (SSSR count). The Bertz CT molecular complexity index is 538. The van der Waals surface area contributed by atoms with Crippen LogP contribution >= 0.6 is 23.4 Å². The van der Waals surface area contributed by atoms with E-state index in [2.05, 4.69) is 0 Å². The minimum atomic E-state index is -3.39. The molecule has 3 nitrogen and oxygen atoms in total. The van der Waals surface area contributed by atoms with Gasteiger partial charge in [0.15, 0.2) is 0 Å². The molecule has 0 aliphatic carbocycles. The third-order valence-electron chi connectivity index (χ3n) is 3.21. The van der Waals surface area contributed by atoms with Gasteiger partial charge in [-0.15, -0.1) is 11.6 Å². The molecule has 1 aromatic rings. The summed E-state index contributed by atoms with van der Waals surface area (Å²) in [6.07, 6.45) is 0.915. The van der Waals surface area contributed by atoms with Crippen LogP contribution in [0.4, 0.5) is 0 Å². The van der Waals surface area contributed by atoms with Gasteiger partial charge >= 0.3 is 0 Å². The molecule has 1 aromatic carbocycles. The Labute approximate surface area is 124 Å². The highest BCUT2D eigenvalue weighted by Crippen LogP contribution is 2.24. The van der Waals surface area contributed by atoms with Crippen molar-refractivity contribution in [1.82, 2.24) is 4.31 Å². The van der Waals surface area contributed by atoms with E-state index in [9.17, 15) is 8.42 Å². The molecule has 1 aliphatic heterocycles. The second-order valence-corrected chi connectivity index (χ2v) is 8.00. The van der Waals surface area contributed by atoms with Crippen molar-refractivity contribution < 1.29 is 8.42 Å². The summed E-state index contributed by atoms with van der Waals surface area (Å²) in [6.45, 7) is 3.04. The van der Waals surface area contributed by atoms with Crippen LogP contribution in [0.5, 0.6) is 0 Å². The lowest BCUT2D eigenvalue weighted by Gasteiger charge is -2.21. The van der Waals surface area contributed by atoms with Crippen molar-refractivity contribution in [3.63, 3.8) is 0 Å². The lowest BCUT2D eigenvalue weighted by atomic mass is 10.2. The summed E-state index contributed by atoms with van der Waals surface area (Å²) in [5, 5.41) is 0. The van der Waals surface area contributed by atoms with Gasteiger partial charge in [0.25, 0.3) is 0 Å². The molecule has 0 aromatic heterocycles. The number of hydrogen-bond donors (Lipinski definition) is 0. The first-order valence-electron chi connectivity index (χ1n) is 6.29. The molecule has 1 fully saturated rings. The van der Waals surface area contributed by atoms with Crippen LogP contribution in [0, 0.1) is 6.92 Å². The largest absolute Gasteiger partial charge is 0.243 e. The Balaban J connectivity index is 2.37. The SMILES string of the molecule is Cc1ccc(CCl)cc1S(=O)(=O)N1CCCSCC1. The van der Waals surface area contributed by atoms with Crippen LogP contribution in [-0.2, 0) is 15.9 Å². The summed E-state index contributed by atoms with van der Waals surface area (Å²) >= 11 is 7.62. The zero-order valence-electron chi connectivity index (χ0n) is 10.9. The molecule has 0 radical (unpaired) electrons. The minimum Gasteiger partial charge on any atom is -0.207 e. The first-order chi connectivity index (χ1) is 9.05. The zero-order chi connectivity index (χ0) is 13.9. The van der Waals surface area contributed by atoms with Crippen molar-refractivity contribution in [2.45, 2.75) is 24.1 Å².